The van der Waals surface area contributed by atoms with E-state index in [4.69, 9.17) is 15.3 Å². The molecule has 2 atom stereocenters. The van der Waals surface area contributed by atoms with Gasteiger partial charge in [-0.3, -0.25) is 0 Å². The van der Waals surface area contributed by atoms with Crippen LogP contribution in [-0.4, -0.2) is 38.5 Å². The van der Waals surface area contributed by atoms with Gasteiger partial charge in [-0.25, -0.2) is 18.4 Å². The largest absolute Gasteiger partial charge is 0.479 e. The second-order valence-electron chi connectivity index (χ2n) is 3.39. The number of aliphatic hydroxyl groups excluding tert-OH is 2. The molecule has 0 aliphatic rings. The van der Waals surface area contributed by atoms with E-state index >= 15 is 0 Å². The molecule has 1 aromatic rings. The Morgan fingerprint density at radius 2 is 1.50 bits per heavy atom. The predicted molar refractivity (Wildman–Crippen MR) is 51.9 cm³/mol. The first-order chi connectivity index (χ1) is 8.25. The minimum atomic E-state index is -2.43. The highest BCUT2D eigenvalue weighted by molar-refractivity contribution is 5.87. The van der Waals surface area contributed by atoms with Crippen LogP contribution in [0.2, 0.25) is 0 Å². The third-order valence-corrected chi connectivity index (χ3v) is 2.17. The van der Waals surface area contributed by atoms with Crippen LogP contribution in [0.5, 0.6) is 0 Å². The number of hydrogen-bond acceptors (Lipinski definition) is 4. The number of hydrogen-bond donors (Lipinski definition) is 4. The molecule has 0 spiro atoms. The van der Waals surface area contributed by atoms with Crippen LogP contribution >= 0.6 is 0 Å². The molecule has 0 radical (unpaired) electrons. The zero-order chi connectivity index (χ0) is 14.0. The van der Waals surface area contributed by atoms with E-state index in [9.17, 15) is 23.5 Å². The first kappa shape index (κ1) is 14.0. The summed E-state index contributed by atoms with van der Waals surface area (Å²) in [6.45, 7) is 0. The van der Waals surface area contributed by atoms with Crippen LogP contribution in [0.3, 0.4) is 0 Å². The Morgan fingerprint density at radius 1 is 1.06 bits per heavy atom. The molecule has 2 unspecified atom stereocenters. The maximum Gasteiger partial charge on any atom is 0.335 e. The van der Waals surface area contributed by atoms with Crippen molar-refractivity contribution in [2.45, 2.75) is 12.2 Å². The van der Waals surface area contributed by atoms with E-state index in [1.54, 1.807) is 0 Å². The number of aliphatic hydroxyl groups is 2. The fourth-order valence-electron chi connectivity index (χ4n) is 1.28. The fraction of sp³-hybridized carbons (Fsp3) is 0.200. The van der Waals surface area contributed by atoms with Crippen molar-refractivity contribution in [2.24, 2.45) is 0 Å². The van der Waals surface area contributed by atoms with Crippen LogP contribution in [-0.2, 0) is 4.79 Å². The second-order valence-corrected chi connectivity index (χ2v) is 3.39. The summed E-state index contributed by atoms with van der Waals surface area (Å²) < 4.78 is 26.8. The van der Waals surface area contributed by atoms with Crippen LogP contribution in [0, 0.1) is 11.6 Å². The molecule has 18 heavy (non-hydrogen) atoms. The lowest BCUT2D eigenvalue weighted by atomic mass is 10.0. The van der Waals surface area contributed by atoms with Gasteiger partial charge < -0.3 is 20.4 Å². The van der Waals surface area contributed by atoms with Crippen molar-refractivity contribution in [3.8, 4) is 0 Å². The van der Waals surface area contributed by atoms with E-state index in [0.717, 1.165) is 0 Å². The van der Waals surface area contributed by atoms with E-state index in [-0.39, 0.29) is 0 Å². The van der Waals surface area contributed by atoms with Crippen LogP contribution in [0.25, 0.3) is 0 Å². The lowest BCUT2D eigenvalue weighted by Gasteiger charge is -2.16. The number of benzene rings is 1. The minimum Gasteiger partial charge on any atom is -0.479 e. The highest BCUT2D eigenvalue weighted by atomic mass is 19.1. The molecule has 0 fully saturated rings. The van der Waals surface area contributed by atoms with E-state index < -0.39 is 46.9 Å². The Kier molecular flexibility index (Phi) is 3.94. The van der Waals surface area contributed by atoms with Gasteiger partial charge in [0.1, 0.15) is 17.7 Å². The van der Waals surface area contributed by atoms with Gasteiger partial charge in [-0.1, -0.05) is 0 Å². The smallest absolute Gasteiger partial charge is 0.335 e. The van der Waals surface area contributed by atoms with Crippen LogP contribution in [0.1, 0.15) is 22.0 Å². The average molecular weight is 262 g/mol. The molecule has 0 aliphatic heterocycles. The Hall–Kier alpha value is -2.06. The molecule has 1 rings (SSSR count). The van der Waals surface area contributed by atoms with Crippen molar-refractivity contribution in [2.75, 3.05) is 0 Å². The van der Waals surface area contributed by atoms with Crippen LogP contribution in [0.4, 0.5) is 8.78 Å². The van der Waals surface area contributed by atoms with E-state index in [2.05, 4.69) is 0 Å². The Bertz CT molecular complexity index is 478. The van der Waals surface area contributed by atoms with Crippen molar-refractivity contribution in [3.05, 3.63) is 34.9 Å². The highest BCUT2D eigenvalue weighted by Crippen LogP contribution is 2.25. The summed E-state index contributed by atoms with van der Waals surface area (Å²) in [7, 11) is 0. The third kappa shape index (κ3) is 2.60. The molecular weight excluding hydrogens is 254 g/mol. The Morgan fingerprint density at radius 3 is 1.83 bits per heavy atom. The maximum absolute atomic E-state index is 13.4. The highest BCUT2D eigenvalue weighted by Gasteiger charge is 2.30. The van der Waals surface area contributed by atoms with Crippen molar-refractivity contribution < 1.29 is 38.8 Å². The van der Waals surface area contributed by atoms with Gasteiger partial charge in [0, 0.05) is 0 Å². The number of halogens is 2. The van der Waals surface area contributed by atoms with Crippen LogP contribution < -0.4 is 0 Å². The van der Waals surface area contributed by atoms with Gasteiger partial charge in [0.15, 0.2) is 6.10 Å². The summed E-state index contributed by atoms with van der Waals surface area (Å²) in [6.07, 6.45) is -4.77. The standard InChI is InChI=1S/C10H8F2O6/c11-4-1-3(9(15)16)2-5(12)6(4)7(13)8(14)10(17)18/h1-2,7-8,13-14H,(H,15,16)(H,17,18). The van der Waals surface area contributed by atoms with Gasteiger partial charge in [0.05, 0.1) is 11.1 Å². The SMILES string of the molecule is O=C(O)c1cc(F)c(C(O)C(O)C(=O)O)c(F)c1. The number of carboxylic acid groups (broad SMARTS) is 2. The van der Waals surface area contributed by atoms with Gasteiger partial charge in [0.2, 0.25) is 0 Å². The normalized spacial score (nSPS) is 14.0. The predicted octanol–water partition coefficient (Wildman–Crippen LogP) is 0.142. The minimum absolute atomic E-state index is 0.415. The van der Waals surface area contributed by atoms with Crippen molar-refractivity contribution in [1.29, 1.82) is 0 Å². The summed E-state index contributed by atoms with van der Waals surface area (Å²) in [6, 6.07) is 0.830. The molecule has 4 N–H and O–H groups in total. The summed E-state index contributed by atoms with van der Waals surface area (Å²) in [5.41, 5.74) is -1.80. The zero-order valence-corrected chi connectivity index (χ0v) is 8.67. The number of carboxylic acids is 2. The molecule has 1 aromatic carbocycles. The molecule has 0 saturated carbocycles. The molecule has 0 aromatic heterocycles. The summed E-state index contributed by atoms with van der Waals surface area (Å²) in [5, 5.41) is 35.2. The van der Waals surface area contributed by atoms with Gasteiger partial charge >= 0.3 is 11.9 Å². The van der Waals surface area contributed by atoms with E-state index in [1.165, 1.54) is 0 Å². The van der Waals surface area contributed by atoms with Gasteiger partial charge in [-0.15, -0.1) is 0 Å². The average Bonchev–Trinajstić information content (AvgIpc) is 2.26. The Balaban J connectivity index is 3.26. The van der Waals surface area contributed by atoms with Crippen molar-refractivity contribution >= 4 is 11.9 Å². The monoisotopic (exact) mass is 262 g/mol. The lowest BCUT2D eigenvalue weighted by molar-refractivity contribution is -0.153. The summed E-state index contributed by atoms with van der Waals surface area (Å²) in [5.74, 6) is -6.38. The van der Waals surface area contributed by atoms with Gasteiger partial charge in [-0.2, -0.15) is 0 Å². The fourth-order valence-corrected chi connectivity index (χ4v) is 1.28. The molecule has 98 valence electrons. The number of aliphatic carboxylic acids is 1. The molecule has 0 heterocycles. The van der Waals surface area contributed by atoms with Gasteiger partial charge in [-0.05, 0) is 12.1 Å². The molecular formula is C10H8F2O6. The quantitative estimate of drug-likeness (QED) is 0.613. The van der Waals surface area contributed by atoms with Crippen molar-refractivity contribution in [1.82, 2.24) is 0 Å². The van der Waals surface area contributed by atoms with Crippen molar-refractivity contribution in [3.63, 3.8) is 0 Å². The number of aromatic carboxylic acids is 1. The molecule has 0 amide bonds. The molecule has 0 bridgehead atoms. The second kappa shape index (κ2) is 5.07. The third-order valence-electron chi connectivity index (χ3n) is 2.17. The molecule has 8 heteroatoms. The number of carbonyl (C=O) groups is 2. The lowest BCUT2D eigenvalue weighted by Crippen LogP contribution is -2.29. The first-order valence-corrected chi connectivity index (χ1v) is 4.57. The van der Waals surface area contributed by atoms with Crippen LogP contribution in [0.15, 0.2) is 12.1 Å². The summed E-state index contributed by atoms with van der Waals surface area (Å²) >= 11 is 0. The topological polar surface area (TPSA) is 115 Å². The molecule has 0 saturated heterocycles. The van der Waals surface area contributed by atoms with E-state index in [1.807, 2.05) is 0 Å². The maximum atomic E-state index is 13.4. The van der Waals surface area contributed by atoms with E-state index in [0.29, 0.717) is 12.1 Å². The first-order valence-electron chi connectivity index (χ1n) is 4.57. The molecule has 6 nitrogen and oxygen atoms in total. The Labute approximate surface area is 98.7 Å². The van der Waals surface area contributed by atoms with Gasteiger partial charge in [0.25, 0.3) is 0 Å². The number of rotatable bonds is 4. The summed E-state index contributed by atoms with van der Waals surface area (Å²) in [4.78, 5) is 20.9. The zero-order valence-electron chi connectivity index (χ0n) is 8.67. The molecule has 0 aliphatic carbocycles.